The van der Waals surface area contributed by atoms with Crippen LogP contribution in [0.4, 0.5) is 0 Å². The molecule has 0 aliphatic rings. The van der Waals surface area contributed by atoms with E-state index in [9.17, 15) is 19.2 Å². The quantitative estimate of drug-likeness (QED) is 0.432. The van der Waals surface area contributed by atoms with Crippen LogP contribution in [0.3, 0.4) is 0 Å². The Labute approximate surface area is 132 Å². The van der Waals surface area contributed by atoms with Crippen LogP contribution in [0.1, 0.15) is 18.4 Å². The van der Waals surface area contributed by atoms with Gasteiger partial charge in [0.1, 0.15) is 12.8 Å². The molecule has 1 rings (SSSR count). The molecule has 0 saturated heterocycles. The molecule has 1 aromatic rings. The minimum atomic E-state index is -0.869. The van der Waals surface area contributed by atoms with E-state index < -0.39 is 36.7 Å². The molecule has 0 fully saturated rings. The number of carbonyl (C=O) groups excluding carboxylic acids is 4. The zero-order valence-electron chi connectivity index (χ0n) is 12.9. The van der Waals surface area contributed by atoms with Crippen LogP contribution in [0, 0.1) is 6.92 Å². The van der Waals surface area contributed by atoms with Crippen LogP contribution in [0.15, 0.2) is 18.2 Å². The summed E-state index contributed by atoms with van der Waals surface area (Å²) in [6.07, 6.45) is -1.17. The second-order valence-electron chi connectivity index (χ2n) is 4.40. The highest BCUT2D eigenvalue weighted by molar-refractivity contribution is 5.93. The summed E-state index contributed by atoms with van der Waals surface area (Å²) in [5, 5.41) is 0. The van der Waals surface area contributed by atoms with E-state index in [1.807, 2.05) is 0 Å². The molecular weight excluding hydrogens is 308 g/mol. The lowest BCUT2D eigenvalue weighted by molar-refractivity contribution is -0.150. The molecule has 8 nitrogen and oxygen atoms in total. The summed E-state index contributed by atoms with van der Waals surface area (Å²) in [5.74, 6) is -3.35. The molecule has 0 heterocycles. The number of ether oxygens (including phenoxy) is 4. The SMILES string of the molecule is COC(=O)CC(=O)Oc1ccc(C)cc1OC(=O)CC(=O)OC. The van der Waals surface area contributed by atoms with Crippen LogP contribution in [-0.4, -0.2) is 38.1 Å². The lowest BCUT2D eigenvalue weighted by atomic mass is 10.2. The molecule has 0 saturated carbocycles. The van der Waals surface area contributed by atoms with Gasteiger partial charge in [0.25, 0.3) is 0 Å². The van der Waals surface area contributed by atoms with Crippen molar-refractivity contribution >= 4 is 23.9 Å². The maximum Gasteiger partial charge on any atom is 0.322 e. The fourth-order valence-electron chi connectivity index (χ4n) is 1.48. The standard InChI is InChI=1S/C15H16O8/c1-9-4-5-10(22-14(18)7-12(16)20-2)11(6-9)23-15(19)8-13(17)21-3/h4-6H,7-8H2,1-3H3. The molecule has 124 valence electrons. The first-order chi connectivity index (χ1) is 10.8. The van der Waals surface area contributed by atoms with Crippen LogP contribution in [0.25, 0.3) is 0 Å². The molecule has 0 N–H and O–H groups in total. The van der Waals surface area contributed by atoms with Crippen molar-refractivity contribution < 1.29 is 38.1 Å². The molecule has 23 heavy (non-hydrogen) atoms. The van der Waals surface area contributed by atoms with Gasteiger partial charge in [0, 0.05) is 0 Å². The van der Waals surface area contributed by atoms with Crippen molar-refractivity contribution in [3.63, 3.8) is 0 Å². The van der Waals surface area contributed by atoms with Crippen LogP contribution in [0.2, 0.25) is 0 Å². The monoisotopic (exact) mass is 324 g/mol. The van der Waals surface area contributed by atoms with E-state index in [2.05, 4.69) is 9.47 Å². The van der Waals surface area contributed by atoms with Crippen molar-refractivity contribution in [3.8, 4) is 11.5 Å². The Bertz CT molecular complexity index is 620. The van der Waals surface area contributed by atoms with Gasteiger partial charge in [0.2, 0.25) is 0 Å². The molecule has 0 spiro atoms. The molecular formula is C15H16O8. The highest BCUT2D eigenvalue weighted by Crippen LogP contribution is 2.29. The predicted molar refractivity (Wildman–Crippen MR) is 75.7 cm³/mol. The molecule has 1 aromatic carbocycles. The molecule has 0 bridgehead atoms. The third-order valence-electron chi connectivity index (χ3n) is 2.58. The van der Waals surface area contributed by atoms with Gasteiger partial charge in [-0.05, 0) is 24.6 Å². The van der Waals surface area contributed by atoms with E-state index in [4.69, 9.17) is 9.47 Å². The Balaban J connectivity index is 2.84. The second-order valence-corrected chi connectivity index (χ2v) is 4.40. The van der Waals surface area contributed by atoms with Gasteiger partial charge < -0.3 is 18.9 Å². The summed E-state index contributed by atoms with van der Waals surface area (Å²) >= 11 is 0. The molecule has 0 atom stereocenters. The van der Waals surface area contributed by atoms with Crippen molar-refractivity contribution in [2.24, 2.45) is 0 Å². The largest absolute Gasteiger partial charge is 0.469 e. The van der Waals surface area contributed by atoms with Crippen molar-refractivity contribution in [1.29, 1.82) is 0 Å². The molecule has 0 radical (unpaired) electrons. The minimum absolute atomic E-state index is 0.0443. The normalized spacial score (nSPS) is 9.70. The van der Waals surface area contributed by atoms with Crippen LogP contribution in [-0.2, 0) is 28.7 Å². The van der Waals surface area contributed by atoms with Gasteiger partial charge in [-0.3, -0.25) is 19.2 Å². The lowest BCUT2D eigenvalue weighted by Gasteiger charge is -2.11. The number of esters is 4. The van der Waals surface area contributed by atoms with Gasteiger partial charge in [-0.2, -0.15) is 0 Å². The van der Waals surface area contributed by atoms with E-state index in [-0.39, 0.29) is 11.5 Å². The number of benzene rings is 1. The lowest BCUT2D eigenvalue weighted by Crippen LogP contribution is -2.17. The molecule has 0 amide bonds. The summed E-state index contributed by atoms with van der Waals surface area (Å²) in [6, 6.07) is 4.49. The third-order valence-corrected chi connectivity index (χ3v) is 2.58. The number of aryl methyl sites for hydroxylation is 1. The Kier molecular flexibility index (Phi) is 6.72. The van der Waals surface area contributed by atoms with Gasteiger partial charge in [-0.25, -0.2) is 0 Å². The average Bonchev–Trinajstić information content (AvgIpc) is 2.49. The zero-order chi connectivity index (χ0) is 17.4. The first-order valence-corrected chi connectivity index (χ1v) is 6.51. The maximum atomic E-state index is 11.6. The molecule has 0 aliphatic carbocycles. The topological polar surface area (TPSA) is 105 Å². The van der Waals surface area contributed by atoms with Crippen LogP contribution in [0.5, 0.6) is 11.5 Å². The van der Waals surface area contributed by atoms with E-state index in [1.54, 1.807) is 13.0 Å². The highest BCUT2D eigenvalue weighted by Gasteiger charge is 2.18. The zero-order valence-corrected chi connectivity index (χ0v) is 12.9. The van der Waals surface area contributed by atoms with Gasteiger partial charge in [0.05, 0.1) is 14.2 Å². The van der Waals surface area contributed by atoms with E-state index in [0.717, 1.165) is 19.8 Å². The molecule has 0 aliphatic heterocycles. The van der Waals surface area contributed by atoms with E-state index >= 15 is 0 Å². The summed E-state index contributed by atoms with van der Waals surface area (Å²) in [7, 11) is 2.28. The third kappa shape index (κ3) is 6.16. The first kappa shape index (κ1) is 18.1. The molecule has 0 aromatic heterocycles. The Morgan fingerprint density at radius 2 is 1.26 bits per heavy atom. The number of rotatable bonds is 6. The maximum absolute atomic E-state index is 11.6. The Morgan fingerprint density at radius 3 is 1.74 bits per heavy atom. The average molecular weight is 324 g/mol. The summed E-state index contributed by atoms with van der Waals surface area (Å²) in [6.45, 7) is 1.73. The van der Waals surface area contributed by atoms with E-state index in [1.165, 1.54) is 12.1 Å². The van der Waals surface area contributed by atoms with Crippen molar-refractivity contribution in [2.45, 2.75) is 19.8 Å². The Morgan fingerprint density at radius 1 is 0.783 bits per heavy atom. The Hall–Kier alpha value is -2.90. The van der Waals surface area contributed by atoms with Gasteiger partial charge in [0.15, 0.2) is 11.5 Å². The first-order valence-electron chi connectivity index (χ1n) is 6.51. The van der Waals surface area contributed by atoms with Crippen molar-refractivity contribution in [1.82, 2.24) is 0 Å². The number of carbonyl (C=O) groups is 4. The van der Waals surface area contributed by atoms with Gasteiger partial charge >= 0.3 is 23.9 Å². The molecule has 8 heteroatoms. The van der Waals surface area contributed by atoms with Crippen molar-refractivity contribution in [2.75, 3.05) is 14.2 Å². The summed E-state index contributed by atoms with van der Waals surface area (Å²) in [5.41, 5.74) is 0.735. The number of hydrogen-bond acceptors (Lipinski definition) is 8. The fraction of sp³-hybridized carbons (Fsp3) is 0.333. The highest BCUT2D eigenvalue weighted by atomic mass is 16.6. The summed E-state index contributed by atoms with van der Waals surface area (Å²) < 4.78 is 18.7. The smallest absolute Gasteiger partial charge is 0.322 e. The van der Waals surface area contributed by atoms with Gasteiger partial charge in [-0.15, -0.1) is 0 Å². The fourth-order valence-corrected chi connectivity index (χ4v) is 1.48. The number of hydrogen-bond donors (Lipinski definition) is 0. The predicted octanol–water partition coefficient (Wildman–Crippen LogP) is 0.932. The summed E-state index contributed by atoms with van der Waals surface area (Å²) in [4.78, 5) is 45.3. The number of methoxy groups -OCH3 is 2. The second kappa shape index (κ2) is 8.52. The minimum Gasteiger partial charge on any atom is -0.469 e. The van der Waals surface area contributed by atoms with Crippen LogP contribution < -0.4 is 9.47 Å². The van der Waals surface area contributed by atoms with Crippen LogP contribution >= 0.6 is 0 Å². The van der Waals surface area contributed by atoms with Crippen molar-refractivity contribution in [3.05, 3.63) is 23.8 Å². The van der Waals surface area contributed by atoms with Gasteiger partial charge in [-0.1, -0.05) is 6.07 Å². The molecule has 0 unspecified atom stereocenters. The van der Waals surface area contributed by atoms with E-state index in [0.29, 0.717) is 0 Å².